The number of carbonyl (C=O) groups is 1. The number of aliphatic carboxylic acids is 1. The van der Waals surface area contributed by atoms with Gasteiger partial charge < -0.3 is 22.1 Å². The van der Waals surface area contributed by atoms with Crippen molar-refractivity contribution in [2.24, 2.45) is 0 Å². The van der Waals surface area contributed by atoms with Crippen LogP contribution in [0.4, 0.5) is 0 Å². The van der Waals surface area contributed by atoms with E-state index in [-0.39, 0.29) is 17.0 Å². The Morgan fingerprint density at radius 3 is 2.41 bits per heavy atom. The van der Waals surface area contributed by atoms with Gasteiger partial charge in [0.2, 0.25) is 0 Å². The van der Waals surface area contributed by atoms with Crippen molar-refractivity contribution in [1.82, 2.24) is 9.80 Å². The number of rotatable bonds is 8. The fourth-order valence-electron chi connectivity index (χ4n) is 1.66. The minimum Gasteiger partial charge on any atom is -1.00 e. The van der Waals surface area contributed by atoms with Crippen LogP contribution in [0.25, 0.3) is 0 Å². The van der Waals surface area contributed by atoms with Crippen molar-refractivity contribution in [2.75, 3.05) is 13.6 Å². The Morgan fingerprint density at radius 2 is 1.82 bits per heavy atom. The minimum absolute atomic E-state index is 0. The van der Waals surface area contributed by atoms with Crippen LogP contribution in [0.3, 0.4) is 0 Å². The lowest BCUT2D eigenvalue weighted by Crippen LogP contribution is -3.00. The maximum atomic E-state index is 10.3. The van der Waals surface area contributed by atoms with Gasteiger partial charge >= 0.3 is 12.6 Å². The van der Waals surface area contributed by atoms with Crippen molar-refractivity contribution in [3.05, 3.63) is 19.1 Å². The van der Waals surface area contributed by atoms with Crippen LogP contribution in [0, 0.1) is 6.67 Å². The predicted octanol–water partition coefficient (Wildman–Crippen LogP) is -0.870. The van der Waals surface area contributed by atoms with Gasteiger partial charge in [0.25, 0.3) is 0 Å². The summed E-state index contributed by atoms with van der Waals surface area (Å²) in [5.74, 6) is -0.686. The van der Waals surface area contributed by atoms with Crippen molar-refractivity contribution in [2.45, 2.75) is 38.5 Å². The highest BCUT2D eigenvalue weighted by molar-refractivity contribution is 5.66. The van der Waals surface area contributed by atoms with E-state index in [9.17, 15) is 4.79 Å². The smallest absolute Gasteiger partial charge is 0.564 e. The van der Waals surface area contributed by atoms with Gasteiger partial charge in [0.05, 0.1) is 26.0 Å². The Kier molecular flexibility index (Phi) is 8.76. The summed E-state index contributed by atoms with van der Waals surface area (Å²) in [5.41, 5.74) is 0. The number of hydrogen-bond acceptors (Lipinski definition) is 3. The lowest BCUT2D eigenvalue weighted by atomic mass is 10.1. The molecule has 1 rings (SSSR count). The average Bonchev–Trinajstić information content (AvgIpc) is 2.62. The molecule has 0 bridgehead atoms. The summed E-state index contributed by atoms with van der Waals surface area (Å²) in [6.07, 6.45) is 9.56. The molecule has 0 saturated heterocycles. The van der Waals surface area contributed by atoms with Crippen LogP contribution in [0.15, 0.2) is 12.4 Å². The molecule has 0 aromatic heterocycles. The van der Waals surface area contributed by atoms with Gasteiger partial charge in [-0.25, -0.2) is 0 Å². The molecule has 1 N–H and O–H groups in total. The quantitative estimate of drug-likeness (QED) is 0.468. The van der Waals surface area contributed by atoms with E-state index in [2.05, 4.69) is 11.6 Å². The third-order valence-corrected chi connectivity index (χ3v) is 2.55. The Bertz CT molecular complexity index is 247. The summed E-state index contributed by atoms with van der Waals surface area (Å²) in [6, 6.07) is 0. The Labute approximate surface area is 114 Å². The second-order valence-electron chi connectivity index (χ2n) is 4.11. The SMILES string of the molecule is CN1[C+]N(CCCCCCCC(=O)O)C=C1.[Br-]. The molecule has 1 radical (unpaired) electrons. The van der Waals surface area contributed by atoms with E-state index in [0.717, 1.165) is 38.6 Å². The van der Waals surface area contributed by atoms with Gasteiger partial charge in [0.15, 0.2) is 0 Å². The number of carboxylic acids is 1. The third kappa shape index (κ3) is 7.96. The number of hydrogen-bond donors (Lipinski definition) is 1. The normalized spacial score (nSPS) is 13.5. The predicted molar refractivity (Wildman–Crippen MR) is 62.2 cm³/mol. The van der Waals surface area contributed by atoms with Gasteiger partial charge in [0, 0.05) is 6.42 Å². The minimum atomic E-state index is -0.686. The van der Waals surface area contributed by atoms with Crippen LogP contribution < -0.4 is 17.0 Å². The summed E-state index contributed by atoms with van der Waals surface area (Å²) in [7, 11) is 1.96. The van der Waals surface area contributed by atoms with Crippen LogP contribution in [0.1, 0.15) is 38.5 Å². The van der Waals surface area contributed by atoms with Gasteiger partial charge in [-0.05, 0) is 12.8 Å². The van der Waals surface area contributed by atoms with Crippen molar-refractivity contribution < 1.29 is 26.9 Å². The molecule has 0 aromatic rings. The van der Waals surface area contributed by atoms with Gasteiger partial charge in [-0.2, -0.15) is 0 Å². The molecule has 0 aromatic carbocycles. The van der Waals surface area contributed by atoms with E-state index in [1.54, 1.807) is 0 Å². The van der Waals surface area contributed by atoms with E-state index in [4.69, 9.17) is 5.11 Å². The summed E-state index contributed by atoms with van der Waals surface area (Å²) in [5, 5.41) is 8.46. The third-order valence-electron chi connectivity index (χ3n) is 2.55. The zero-order valence-corrected chi connectivity index (χ0v) is 11.8. The van der Waals surface area contributed by atoms with E-state index in [1.807, 2.05) is 24.3 Å². The monoisotopic (exact) mass is 303 g/mol. The summed E-state index contributed by atoms with van der Waals surface area (Å²) in [6.45, 7) is 4.15. The largest absolute Gasteiger partial charge is 1.00 e. The molecule has 1 heterocycles. The van der Waals surface area contributed by atoms with Crippen molar-refractivity contribution in [3.63, 3.8) is 0 Å². The first kappa shape index (κ1) is 16.2. The highest BCUT2D eigenvalue weighted by Gasteiger charge is 2.26. The average molecular weight is 304 g/mol. The first-order chi connectivity index (χ1) is 7.68. The van der Waals surface area contributed by atoms with E-state index in [0.29, 0.717) is 6.42 Å². The fraction of sp³-hybridized carbons (Fsp3) is 0.667. The van der Waals surface area contributed by atoms with Crippen LogP contribution in [-0.4, -0.2) is 34.5 Å². The van der Waals surface area contributed by atoms with E-state index < -0.39 is 5.97 Å². The molecule has 0 atom stereocenters. The second-order valence-corrected chi connectivity index (χ2v) is 4.11. The molecule has 0 fully saturated rings. The second kappa shape index (κ2) is 9.22. The van der Waals surface area contributed by atoms with Gasteiger partial charge in [-0.3, -0.25) is 4.79 Å². The van der Waals surface area contributed by atoms with Gasteiger partial charge in [0.1, 0.15) is 0 Å². The Morgan fingerprint density at radius 1 is 1.18 bits per heavy atom. The molecule has 0 amide bonds. The van der Waals surface area contributed by atoms with Crippen LogP contribution in [0.5, 0.6) is 0 Å². The maximum Gasteiger partial charge on any atom is 0.564 e. The van der Waals surface area contributed by atoms with Crippen LogP contribution in [-0.2, 0) is 4.79 Å². The van der Waals surface area contributed by atoms with Crippen molar-refractivity contribution >= 4 is 5.97 Å². The maximum absolute atomic E-state index is 10.3. The lowest BCUT2D eigenvalue weighted by molar-refractivity contribution is -0.137. The molecule has 0 spiro atoms. The fourth-order valence-corrected chi connectivity index (χ4v) is 1.66. The molecule has 4 nitrogen and oxygen atoms in total. The number of carboxylic acid groups (broad SMARTS) is 1. The Hall–Kier alpha value is -0.840. The van der Waals surface area contributed by atoms with Crippen molar-refractivity contribution in [1.29, 1.82) is 0 Å². The molecule has 0 aliphatic carbocycles. The number of halogens is 1. The zero-order chi connectivity index (χ0) is 11.8. The molecule has 1 aliphatic rings. The summed E-state index contributed by atoms with van der Waals surface area (Å²) < 4.78 is 0. The molecular formula is C12H20BrN2O2. The van der Waals surface area contributed by atoms with Crippen molar-refractivity contribution in [3.8, 4) is 0 Å². The molecule has 0 unspecified atom stereocenters. The molecule has 0 saturated carbocycles. The summed E-state index contributed by atoms with van der Waals surface area (Å²) >= 11 is 0. The molecular weight excluding hydrogens is 284 g/mol. The Balaban J connectivity index is 0.00000256. The molecule has 5 heteroatoms. The lowest BCUT2D eigenvalue weighted by Gasteiger charge is -2.02. The van der Waals surface area contributed by atoms with Crippen LogP contribution in [0.2, 0.25) is 0 Å². The topological polar surface area (TPSA) is 43.8 Å². The zero-order valence-electron chi connectivity index (χ0n) is 10.2. The number of nitrogens with zero attached hydrogens (tertiary/aromatic N) is 2. The van der Waals surface area contributed by atoms with E-state index in [1.165, 1.54) is 0 Å². The molecule has 97 valence electrons. The highest BCUT2D eigenvalue weighted by Crippen LogP contribution is 2.11. The first-order valence-electron chi connectivity index (χ1n) is 5.84. The molecule has 1 aliphatic heterocycles. The number of unbranched alkanes of at least 4 members (excludes halogenated alkanes) is 4. The molecule has 17 heavy (non-hydrogen) atoms. The highest BCUT2D eigenvalue weighted by atomic mass is 79.9. The van der Waals surface area contributed by atoms with Gasteiger partial charge in [-0.1, -0.05) is 19.3 Å². The standard InChI is InChI=1S/C12H20N2O2.BrH/c1-13-9-10-14(11-13)8-6-4-2-3-5-7-12(15)16;/h9-10H,2-8H2,1H3,(H,15,16);1H/q+1;/p-1. The van der Waals surface area contributed by atoms with Crippen LogP contribution >= 0.6 is 0 Å². The first-order valence-corrected chi connectivity index (χ1v) is 5.84. The summed E-state index contributed by atoms with van der Waals surface area (Å²) in [4.78, 5) is 14.2. The van der Waals surface area contributed by atoms with E-state index >= 15 is 0 Å². The van der Waals surface area contributed by atoms with Gasteiger partial charge in [-0.15, -0.1) is 9.80 Å².